The van der Waals surface area contributed by atoms with Crippen LogP contribution in [0.5, 0.6) is 5.75 Å². The van der Waals surface area contributed by atoms with Crippen LogP contribution in [0, 0.1) is 12.3 Å². The first kappa shape index (κ1) is 23.5. The third-order valence-electron chi connectivity index (χ3n) is 5.03. The number of fused-ring (bicyclic) bond motifs is 1. The van der Waals surface area contributed by atoms with Gasteiger partial charge in [-0.15, -0.1) is 6.42 Å². The number of benzene rings is 1. The predicted octanol–water partition coefficient (Wildman–Crippen LogP) is 1.27. The van der Waals surface area contributed by atoms with Crippen LogP contribution < -0.4 is 16.0 Å². The number of unbranched alkanes of at least 4 members (excludes halogenated alkanes) is 1. The number of rotatable bonds is 10. The van der Waals surface area contributed by atoms with E-state index in [1.165, 1.54) is 4.57 Å². The summed E-state index contributed by atoms with van der Waals surface area (Å²) in [4.78, 5) is 51.2. The number of aryl methyl sites for hydroxylation is 3. The molecule has 2 aromatic heterocycles. The van der Waals surface area contributed by atoms with E-state index in [0.29, 0.717) is 25.1 Å². The summed E-state index contributed by atoms with van der Waals surface area (Å²) >= 11 is 0. The van der Waals surface area contributed by atoms with Gasteiger partial charge in [0.05, 0.1) is 13.7 Å². The van der Waals surface area contributed by atoms with Crippen molar-refractivity contribution in [1.29, 1.82) is 0 Å². The van der Waals surface area contributed by atoms with Crippen molar-refractivity contribution in [3.63, 3.8) is 0 Å². The number of aromatic amines is 1. The summed E-state index contributed by atoms with van der Waals surface area (Å²) in [7, 11) is -2.52. The molecule has 0 saturated heterocycles. The van der Waals surface area contributed by atoms with Crippen molar-refractivity contribution in [2.75, 3.05) is 13.3 Å². The number of hydrogen-bond donors (Lipinski definition) is 3. The van der Waals surface area contributed by atoms with Gasteiger partial charge in [-0.1, -0.05) is 18.1 Å². The molecule has 3 rings (SSSR count). The summed E-state index contributed by atoms with van der Waals surface area (Å²) in [6.07, 6.45) is 6.75. The summed E-state index contributed by atoms with van der Waals surface area (Å²) in [6.45, 7) is -0.0331. The Morgan fingerprint density at radius 1 is 1.22 bits per heavy atom. The van der Waals surface area contributed by atoms with Crippen molar-refractivity contribution in [2.24, 2.45) is 0 Å². The highest BCUT2D eigenvalue weighted by molar-refractivity contribution is 7.51. The fourth-order valence-corrected chi connectivity index (χ4v) is 4.08. The van der Waals surface area contributed by atoms with E-state index in [-0.39, 0.29) is 36.8 Å². The van der Waals surface area contributed by atoms with Gasteiger partial charge in [0.15, 0.2) is 5.65 Å². The quantitative estimate of drug-likeness (QED) is 0.235. The van der Waals surface area contributed by atoms with Gasteiger partial charge in [0, 0.05) is 19.1 Å². The molecule has 32 heavy (non-hydrogen) atoms. The lowest BCUT2D eigenvalue weighted by Crippen LogP contribution is -2.40. The highest BCUT2D eigenvalue weighted by Crippen LogP contribution is 2.35. The van der Waals surface area contributed by atoms with E-state index < -0.39 is 18.8 Å². The van der Waals surface area contributed by atoms with Crippen LogP contribution in [0.3, 0.4) is 0 Å². The molecule has 3 N–H and O–H groups in total. The normalized spacial score (nSPS) is 11.6. The monoisotopic (exact) mass is 460 g/mol. The average molecular weight is 460 g/mol. The molecule has 1 aromatic carbocycles. The molecule has 0 unspecified atom stereocenters. The number of methoxy groups -OCH3 is 1. The van der Waals surface area contributed by atoms with Gasteiger partial charge in [0.25, 0.3) is 5.56 Å². The molecule has 11 heteroatoms. The van der Waals surface area contributed by atoms with Crippen molar-refractivity contribution in [1.82, 2.24) is 19.1 Å². The maximum Gasteiger partial charge on any atom is 0.333 e. The molecule has 0 bridgehead atoms. The fraction of sp³-hybridized carbons (Fsp3) is 0.381. The third-order valence-corrected chi connectivity index (χ3v) is 5.92. The van der Waals surface area contributed by atoms with E-state index in [4.69, 9.17) is 20.9 Å². The molecule has 0 aliphatic carbocycles. The Bertz CT molecular complexity index is 1310. The lowest BCUT2D eigenvalue weighted by atomic mass is 10.1. The molecule has 0 aliphatic heterocycles. The summed E-state index contributed by atoms with van der Waals surface area (Å²) in [6, 6.07) is 7.62. The fourth-order valence-electron chi connectivity index (χ4n) is 3.44. The maximum atomic E-state index is 12.9. The molecule has 0 atom stereocenters. The first-order valence-corrected chi connectivity index (χ1v) is 11.9. The van der Waals surface area contributed by atoms with E-state index >= 15 is 0 Å². The zero-order chi connectivity index (χ0) is 23.3. The molecule has 0 aliphatic rings. The van der Waals surface area contributed by atoms with Gasteiger partial charge in [0.2, 0.25) is 0 Å². The van der Waals surface area contributed by atoms with Crippen LogP contribution in [0.15, 0.2) is 33.9 Å². The highest BCUT2D eigenvalue weighted by Gasteiger charge is 2.18. The Morgan fingerprint density at radius 3 is 2.69 bits per heavy atom. The predicted molar refractivity (Wildman–Crippen MR) is 120 cm³/mol. The Kier molecular flexibility index (Phi) is 7.36. The summed E-state index contributed by atoms with van der Waals surface area (Å²) in [5, 5.41) is 0. The van der Waals surface area contributed by atoms with Crippen molar-refractivity contribution in [3.8, 4) is 18.1 Å². The minimum Gasteiger partial charge on any atom is -0.497 e. The van der Waals surface area contributed by atoms with Gasteiger partial charge in [-0.05, 0) is 37.0 Å². The van der Waals surface area contributed by atoms with Crippen molar-refractivity contribution >= 4 is 18.8 Å². The van der Waals surface area contributed by atoms with Crippen LogP contribution in [0.25, 0.3) is 11.2 Å². The van der Waals surface area contributed by atoms with Crippen LogP contribution in [0.1, 0.15) is 24.2 Å². The van der Waals surface area contributed by atoms with E-state index in [2.05, 4.69) is 15.9 Å². The Morgan fingerprint density at radius 2 is 2.00 bits per heavy atom. The second kappa shape index (κ2) is 10.0. The van der Waals surface area contributed by atoms with Crippen LogP contribution in [-0.2, 0) is 30.5 Å². The van der Waals surface area contributed by atoms with Gasteiger partial charge in [0.1, 0.15) is 17.1 Å². The highest BCUT2D eigenvalue weighted by atomic mass is 31.2. The molecule has 10 nitrogen and oxygen atoms in total. The topological polar surface area (TPSA) is 139 Å². The van der Waals surface area contributed by atoms with Crippen molar-refractivity contribution in [2.45, 2.75) is 38.8 Å². The van der Waals surface area contributed by atoms with Crippen LogP contribution in [0.2, 0.25) is 0 Å². The number of terminal acetylenes is 1. The summed E-state index contributed by atoms with van der Waals surface area (Å²) in [5.41, 5.74) is 0.280. The lowest BCUT2D eigenvalue weighted by molar-refractivity contribution is 0.370. The van der Waals surface area contributed by atoms with E-state index in [9.17, 15) is 14.2 Å². The number of aromatic nitrogens is 4. The molecule has 0 spiro atoms. The van der Waals surface area contributed by atoms with Crippen LogP contribution >= 0.6 is 7.60 Å². The summed E-state index contributed by atoms with van der Waals surface area (Å²) in [5.74, 6) is 3.60. The maximum absolute atomic E-state index is 12.9. The zero-order valence-corrected chi connectivity index (χ0v) is 18.5. The van der Waals surface area contributed by atoms with Crippen LogP contribution in [-0.4, -0.2) is 42.2 Å². The lowest BCUT2D eigenvalue weighted by Gasteiger charge is -2.10. The van der Waals surface area contributed by atoms with Crippen LogP contribution in [0.4, 0.5) is 0 Å². The molecular formula is C21H25N4O6P. The Hall–Kier alpha value is -3.12. The van der Waals surface area contributed by atoms with Gasteiger partial charge in [-0.3, -0.25) is 13.9 Å². The van der Waals surface area contributed by atoms with Crippen molar-refractivity contribution in [3.05, 3.63) is 56.5 Å². The second-order valence-electron chi connectivity index (χ2n) is 7.36. The molecular weight excluding hydrogens is 435 g/mol. The van der Waals surface area contributed by atoms with Gasteiger partial charge in [-0.25, -0.2) is 14.3 Å². The minimum atomic E-state index is -4.12. The SMILES string of the molecule is C#CCn1c(=O)c2[nH]c(CCc3cccc(OC)c3)nc2n(CCCCP(=O)(O)O)c1=O. The standard InChI is InChI=1S/C21H25N4O6P/c1-3-11-25-20(26)18-19(24(21(25)27)12-4-5-13-32(28,29)30)23-17(22-18)10-9-15-7-6-8-16(14-15)31-2/h1,6-8,14H,4-5,9-13H2,2H3,(H,22,23)(H2,28,29,30). The molecule has 0 amide bonds. The Balaban J connectivity index is 1.91. The van der Waals surface area contributed by atoms with Gasteiger partial charge >= 0.3 is 13.3 Å². The third kappa shape index (κ3) is 5.56. The number of ether oxygens (including phenoxy) is 1. The number of H-pyrrole nitrogens is 1. The second-order valence-corrected chi connectivity index (χ2v) is 9.14. The molecule has 0 saturated carbocycles. The van der Waals surface area contributed by atoms with Gasteiger partial charge in [-0.2, -0.15) is 0 Å². The zero-order valence-electron chi connectivity index (χ0n) is 17.7. The number of imidazole rings is 1. The smallest absolute Gasteiger partial charge is 0.333 e. The minimum absolute atomic E-state index is 0.153. The molecule has 0 fully saturated rings. The molecule has 3 aromatic rings. The molecule has 2 heterocycles. The number of hydrogen-bond acceptors (Lipinski definition) is 5. The summed E-state index contributed by atoms with van der Waals surface area (Å²) < 4.78 is 18.6. The number of nitrogens with zero attached hydrogens (tertiary/aromatic N) is 3. The van der Waals surface area contributed by atoms with E-state index in [0.717, 1.165) is 15.9 Å². The average Bonchev–Trinajstić information content (AvgIpc) is 3.18. The largest absolute Gasteiger partial charge is 0.497 e. The first-order valence-electron chi connectivity index (χ1n) is 10.1. The molecule has 0 radical (unpaired) electrons. The van der Waals surface area contributed by atoms with Gasteiger partial charge < -0.3 is 19.5 Å². The van der Waals surface area contributed by atoms with Crippen molar-refractivity contribution < 1.29 is 19.1 Å². The molecule has 170 valence electrons. The Labute approximate surface area is 184 Å². The number of nitrogens with one attached hydrogen (secondary N) is 1. The van der Waals surface area contributed by atoms with E-state index in [1.54, 1.807) is 7.11 Å². The van der Waals surface area contributed by atoms with E-state index in [1.807, 2.05) is 24.3 Å². The first-order chi connectivity index (χ1) is 15.2.